The Morgan fingerprint density at radius 2 is 1.92 bits per heavy atom. The lowest BCUT2D eigenvalue weighted by atomic mass is 10.0. The van der Waals surface area contributed by atoms with Crippen LogP contribution in [0.25, 0.3) is 0 Å². The first-order chi connectivity index (χ1) is 11.6. The number of benzene rings is 2. The number of ether oxygens (including phenoxy) is 1. The normalized spacial score (nSPS) is 11.7. The van der Waals surface area contributed by atoms with E-state index >= 15 is 0 Å². The van der Waals surface area contributed by atoms with E-state index in [1.807, 2.05) is 43.3 Å². The SMILES string of the molecule is COc1ccc(C(C)Nc2cccc(C(=O)NCCO)c2C)cc1. The van der Waals surface area contributed by atoms with Crippen molar-refractivity contribution in [2.24, 2.45) is 0 Å². The van der Waals surface area contributed by atoms with Crippen molar-refractivity contribution < 1.29 is 14.6 Å². The maximum absolute atomic E-state index is 12.1. The van der Waals surface area contributed by atoms with Crippen LogP contribution in [0.1, 0.15) is 34.5 Å². The largest absolute Gasteiger partial charge is 0.497 e. The molecule has 0 aromatic heterocycles. The molecular formula is C19H24N2O3. The Labute approximate surface area is 142 Å². The van der Waals surface area contributed by atoms with Gasteiger partial charge in [-0.2, -0.15) is 0 Å². The van der Waals surface area contributed by atoms with Gasteiger partial charge in [-0.25, -0.2) is 0 Å². The molecule has 1 unspecified atom stereocenters. The fourth-order valence-electron chi connectivity index (χ4n) is 2.51. The molecule has 5 heteroatoms. The lowest BCUT2D eigenvalue weighted by Gasteiger charge is -2.19. The average molecular weight is 328 g/mol. The topological polar surface area (TPSA) is 70.6 Å². The number of carbonyl (C=O) groups is 1. The number of carbonyl (C=O) groups excluding carboxylic acids is 1. The van der Waals surface area contributed by atoms with Crippen molar-refractivity contribution in [2.75, 3.05) is 25.6 Å². The Hall–Kier alpha value is -2.53. The second-order valence-corrected chi connectivity index (χ2v) is 5.60. The van der Waals surface area contributed by atoms with Crippen LogP contribution in [0, 0.1) is 6.92 Å². The molecule has 0 fully saturated rings. The highest BCUT2D eigenvalue weighted by Gasteiger charge is 2.13. The number of nitrogens with one attached hydrogen (secondary N) is 2. The molecule has 0 aliphatic carbocycles. The zero-order valence-corrected chi connectivity index (χ0v) is 14.3. The number of hydrogen-bond acceptors (Lipinski definition) is 4. The summed E-state index contributed by atoms with van der Waals surface area (Å²) in [5.41, 5.74) is 3.53. The van der Waals surface area contributed by atoms with Crippen LogP contribution < -0.4 is 15.4 Å². The molecule has 0 aliphatic heterocycles. The minimum atomic E-state index is -0.178. The Kier molecular flexibility index (Phi) is 6.21. The fourth-order valence-corrected chi connectivity index (χ4v) is 2.51. The summed E-state index contributed by atoms with van der Waals surface area (Å²) < 4.78 is 5.18. The third-order valence-electron chi connectivity index (χ3n) is 3.96. The molecule has 0 saturated heterocycles. The molecule has 2 aromatic carbocycles. The van der Waals surface area contributed by atoms with E-state index in [4.69, 9.17) is 9.84 Å². The van der Waals surface area contributed by atoms with Gasteiger partial charge in [-0.1, -0.05) is 18.2 Å². The average Bonchev–Trinajstić information content (AvgIpc) is 2.61. The summed E-state index contributed by atoms with van der Waals surface area (Å²) in [6, 6.07) is 13.6. The van der Waals surface area contributed by atoms with E-state index < -0.39 is 0 Å². The number of aliphatic hydroxyl groups is 1. The van der Waals surface area contributed by atoms with Gasteiger partial charge in [-0.3, -0.25) is 4.79 Å². The summed E-state index contributed by atoms with van der Waals surface area (Å²) in [6.45, 7) is 4.16. The first-order valence-corrected chi connectivity index (χ1v) is 7.96. The van der Waals surface area contributed by atoms with Crippen molar-refractivity contribution in [1.29, 1.82) is 0 Å². The van der Waals surface area contributed by atoms with Crippen LogP contribution in [0.2, 0.25) is 0 Å². The maximum atomic E-state index is 12.1. The highest BCUT2D eigenvalue weighted by atomic mass is 16.5. The van der Waals surface area contributed by atoms with E-state index in [1.54, 1.807) is 13.2 Å². The second-order valence-electron chi connectivity index (χ2n) is 5.60. The zero-order valence-electron chi connectivity index (χ0n) is 14.3. The van der Waals surface area contributed by atoms with Gasteiger partial charge in [-0.15, -0.1) is 0 Å². The van der Waals surface area contributed by atoms with Gasteiger partial charge in [0.1, 0.15) is 5.75 Å². The molecule has 1 atom stereocenters. The summed E-state index contributed by atoms with van der Waals surface area (Å²) >= 11 is 0. The highest BCUT2D eigenvalue weighted by molar-refractivity contribution is 5.97. The van der Waals surface area contributed by atoms with Gasteiger partial charge in [0.05, 0.1) is 13.7 Å². The standard InChI is InChI=1S/C19H24N2O3/c1-13-17(19(23)20-11-12-22)5-4-6-18(13)21-14(2)15-7-9-16(24-3)10-8-15/h4-10,14,21-22H,11-12H2,1-3H3,(H,20,23). The number of rotatable bonds is 7. The van der Waals surface area contributed by atoms with Gasteiger partial charge in [0, 0.05) is 23.8 Å². The van der Waals surface area contributed by atoms with Crippen molar-refractivity contribution in [3.8, 4) is 5.75 Å². The highest BCUT2D eigenvalue weighted by Crippen LogP contribution is 2.25. The van der Waals surface area contributed by atoms with Crippen LogP contribution >= 0.6 is 0 Å². The first-order valence-electron chi connectivity index (χ1n) is 7.96. The predicted octanol–water partition coefficient (Wildman–Crippen LogP) is 2.90. The third kappa shape index (κ3) is 4.26. The van der Waals surface area contributed by atoms with E-state index in [9.17, 15) is 4.79 Å². The van der Waals surface area contributed by atoms with Crippen molar-refractivity contribution in [3.05, 3.63) is 59.2 Å². The van der Waals surface area contributed by atoms with E-state index in [2.05, 4.69) is 17.6 Å². The zero-order chi connectivity index (χ0) is 17.5. The molecule has 128 valence electrons. The van der Waals surface area contributed by atoms with E-state index in [0.717, 1.165) is 22.6 Å². The molecule has 3 N–H and O–H groups in total. The van der Waals surface area contributed by atoms with Crippen LogP contribution in [0.3, 0.4) is 0 Å². The van der Waals surface area contributed by atoms with Gasteiger partial charge in [0.25, 0.3) is 5.91 Å². The van der Waals surface area contributed by atoms with Crippen LogP contribution in [0.5, 0.6) is 5.75 Å². The van der Waals surface area contributed by atoms with E-state index in [1.165, 1.54) is 0 Å². The van der Waals surface area contributed by atoms with Gasteiger partial charge in [-0.05, 0) is 49.2 Å². The van der Waals surface area contributed by atoms with Crippen LogP contribution in [0.4, 0.5) is 5.69 Å². The molecule has 0 radical (unpaired) electrons. The Morgan fingerprint density at radius 1 is 1.21 bits per heavy atom. The summed E-state index contributed by atoms with van der Waals surface area (Å²) in [5.74, 6) is 0.645. The fraction of sp³-hybridized carbons (Fsp3) is 0.316. The van der Waals surface area contributed by atoms with Crippen molar-refractivity contribution in [3.63, 3.8) is 0 Å². The van der Waals surface area contributed by atoms with Crippen LogP contribution in [-0.4, -0.2) is 31.3 Å². The second kappa shape index (κ2) is 8.36. The molecule has 1 amide bonds. The molecule has 0 bridgehead atoms. The number of methoxy groups -OCH3 is 1. The monoisotopic (exact) mass is 328 g/mol. The minimum absolute atomic E-state index is 0.0722. The van der Waals surface area contributed by atoms with E-state index in [0.29, 0.717) is 5.56 Å². The van der Waals surface area contributed by atoms with E-state index in [-0.39, 0.29) is 25.1 Å². The maximum Gasteiger partial charge on any atom is 0.251 e. The lowest BCUT2D eigenvalue weighted by Crippen LogP contribution is -2.27. The molecule has 2 aromatic rings. The van der Waals surface area contributed by atoms with Crippen LogP contribution in [0.15, 0.2) is 42.5 Å². The van der Waals surface area contributed by atoms with Gasteiger partial charge >= 0.3 is 0 Å². The van der Waals surface area contributed by atoms with Crippen molar-refractivity contribution in [1.82, 2.24) is 5.32 Å². The third-order valence-corrected chi connectivity index (χ3v) is 3.96. The van der Waals surface area contributed by atoms with Gasteiger partial charge < -0.3 is 20.5 Å². The lowest BCUT2D eigenvalue weighted by molar-refractivity contribution is 0.0944. The van der Waals surface area contributed by atoms with Crippen molar-refractivity contribution >= 4 is 11.6 Å². The molecular weight excluding hydrogens is 304 g/mol. The number of amides is 1. The summed E-state index contributed by atoms with van der Waals surface area (Å²) in [4.78, 5) is 12.1. The summed E-state index contributed by atoms with van der Waals surface area (Å²) in [5, 5.41) is 15.0. The quantitative estimate of drug-likeness (QED) is 0.731. The molecule has 2 rings (SSSR count). The Bertz CT molecular complexity index is 684. The molecule has 5 nitrogen and oxygen atoms in total. The van der Waals surface area contributed by atoms with Gasteiger partial charge in [0.15, 0.2) is 0 Å². The number of aliphatic hydroxyl groups excluding tert-OH is 1. The summed E-state index contributed by atoms with van der Waals surface area (Å²) in [6.07, 6.45) is 0. The molecule has 0 spiro atoms. The summed E-state index contributed by atoms with van der Waals surface area (Å²) in [7, 11) is 1.65. The number of anilines is 1. The smallest absolute Gasteiger partial charge is 0.251 e. The minimum Gasteiger partial charge on any atom is -0.497 e. The Morgan fingerprint density at radius 3 is 2.54 bits per heavy atom. The molecule has 0 aliphatic rings. The molecule has 24 heavy (non-hydrogen) atoms. The Balaban J connectivity index is 2.15. The predicted molar refractivity (Wildman–Crippen MR) is 95.6 cm³/mol. The molecule has 0 saturated carbocycles. The van der Waals surface area contributed by atoms with Crippen molar-refractivity contribution in [2.45, 2.75) is 19.9 Å². The van der Waals surface area contributed by atoms with Crippen LogP contribution in [-0.2, 0) is 0 Å². The van der Waals surface area contributed by atoms with Gasteiger partial charge in [0.2, 0.25) is 0 Å². The number of hydrogen-bond donors (Lipinski definition) is 3. The first kappa shape index (κ1) is 17.8. The molecule has 0 heterocycles.